The van der Waals surface area contributed by atoms with Crippen LogP contribution >= 0.6 is 23.4 Å². The van der Waals surface area contributed by atoms with Gasteiger partial charge >= 0.3 is 0 Å². The van der Waals surface area contributed by atoms with Crippen molar-refractivity contribution in [2.45, 2.75) is 5.37 Å². The Labute approximate surface area is 205 Å². The van der Waals surface area contributed by atoms with Crippen molar-refractivity contribution in [2.24, 2.45) is 0 Å². The van der Waals surface area contributed by atoms with E-state index in [9.17, 15) is 9.59 Å². The molecule has 1 atom stereocenters. The Hall–Kier alpha value is -3.62. The van der Waals surface area contributed by atoms with Crippen molar-refractivity contribution in [1.29, 1.82) is 0 Å². The average molecular weight is 491 g/mol. The summed E-state index contributed by atoms with van der Waals surface area (Å²) < 4.78 is 6.61. The SMILES string of the molecule is COc1ccc(-c2nn(C(=O)c3ccncc3)cc2C2SCC(=O)N2c2ccc(Cl)cc2)cc1. The highest BCUT2D eigenvalue weighted by Crippen LogP contribution is 2.45. The summed E-state index contributed by atoms with van der Waals surface area (Å²) in [7, 11) is 1.60. The number of halogens is 1. The molecule has 170 valence electrons. The number of hydrogen-bond acceptors (Lipinski definition) is 6. The summed E-state index contributed by atoms with van der Waals surface area (Å²) in [6.07, 6.45) is 4.84. The van der Waals surface area contributed by atoms with Gasteiger partial charge in [0.2, 0.25) is 5.91 Å². The van der Waals surface area contributed by atoms with E-state index in [0.717, 1.165) is 16.8 Å². The number of rotatable bonds is 5. The Morgan fingerprint density at radius 2 is 1.76 bits per heavy atom. The summed E-state index contributed by atoms with van der Waals surface area (Å²) in [5.74, 6) is 0.728. The van der Waals surface area contributed by atoms with E-state index in [2.05, 4.69) is 10.1 Å². The number of carbonyl (C=O) groups excluding carboxylic acids is 2. The zero-order valence-electron chi connectivity index (χ0n) is 18.1. The predicted octanol–water partition coefficient (Wildman–Crippen LogP) is 5.07. The maximum Gasteiger partial charge on any atom is 0.278 e. The largest absolute Gasteiger partial charge is 0.497 e. The fraction of sp³-hybridized carbons (Fsp3) is 0.120. The van der Waals surface area contributed by atoms with Gasteiger partial charge in [-0.2, -0.15) is 5.10 Å². The third kappa shape index (κ3) is 4.18. The minimum atomic E-state index is -0.357. The molecule has 1 saturated heterocycles. The van der Waals surface area contributed by atoms with Crippen molar-refractivity contribution >= 4 is 40.9 Å². The second kappa shape index (κ2) is 9.32. The summed E-state index contributed by atoms with van der Waals surface area (Å²) in [5, 5.41) is 4.89. The van der Waals surface area contributed by atoms with Gasteiger partial charge in [-0.3, -0.25) is 19.5 Å². The van der Waals surface area contributed by atoms with Crippen LogP contribution in [0.25, 0.3) is 11.3 Å². The molecular weight excluding hydrogens is 472 g/mol. The lowest BCUT2D eigenvalue weighted by atomic mass is 10.1. The van der Waals surface area contributed by atoms with Crippen LogP contribution < -0.4 is 9.64 Å². The van der Waals surface area contributed by atoms with Gasteiger partial charge in [-0.15, -0.1) is 11.8 Å². The number of ether oxygens (including phenoxy) is 1. The van der Waals surface area contributed by atoms with E-state index in [1.54, 1.807) is 54.9 Å². The Bertz CT molecular complexity index is 1340. The van der Waals surface area contributed by atoms with Crippen molar-refractivity contribution in [2.75, 3.05) is 17.8 Å². The smallest absolute Gasteiger partial charge is 0.278 e. The number of benzene rings is 2. The molecule has 1 aliphatic heterocycles. The second-order valence-electron chi connectivity index (χ2n) is 7.55. The molecule has 1 unspecified atom stereocenters. The molecule has 0 N–H and O–H groups in total. The molecule has 0 spiro atoms. The van der Waals surface area contributed by atoms with E-state index in [1.165, 1.54) is 16.4 Å². The van der Waals surface area contributed by atoms with E-state index < -0.39 is 0 Å². The molecule has 1 fully saturated rings. The van der Waals surface area contributed by atoms with Crippen molar-refractivity contribution in [3.63, 3.8) is 0 Å². The zero-order chi connectivity index (χ0) is 23.7. The second-order valence-corrected chi connectivity index (χ2v) is 9.06. The number of anilines is 1. The first-order chi connectivity index (χ1) is 16.5. The molecule has 1 aliphatic rings. The van der Waals surface area contributed by atoms with Crippen LogP contribution in [0.4, 0.5) is 5.69 Å². The number of thioether (sulfide) groups is 1. The quantitative estimate of drug-likeness (QED) is 0.388. The molecule has 3 heterocycles. The van der Waals surface area contributed by atoms with Crippen LogP contribution in [0, 0.1) is 0 Å². The molecule has 0 saturated carbocycles. The molecule has 2 aromatic carbocycles. The minimum Gasteiger partial charge on any atom is -0.497 e. The first kappa shape index (κ1) is 22.2. The van der Waals surface area contributed by atoms with Crippen molar-refractivity contribution < 1.29 is 14.3 Å². The number of hydrogen-bond donors (Lipinski definition) is 0. The minimum absolute atomic E-state index is 0.0220. The molecule has 0 aliphatic carbocycles. The van der Waals surface area contributed by atoms with Crippen LogP contribution in [-0.4, -0.2) is 39.4 Å². The van der Waals surface area contributed by atoms with Gasteiger partial charge in [-0.1, -0.05) is 11.6 Å². The summed E-state index contributed by atoms with van der Waals surface area (Å²) in [5.41, 5.74) is 3.40. The molecule has 0 radical (unpaired) electrons. The normalized spacial score (nSPS) is 15.5. The van der Waals surface area contributed by atoms with E-state index in [1.807, 2.05) is 36.4 Å². The highest BCUT2D eigenvalue weighted by molar-refractivity contribution is 8.00. The van der Waals surface area contributed by atoms with Gasteiger partial charge in [0.15, 0.2) is 0 Å². The van der Waals surface area contributed by atoms with Crippen molar-refractivity contribution in [1.82, 2.24) is 14.8 Å². The number of aromatic nitrogens is 3. The summed E-state index contributed by atoms with van der Waals surface area (Å²) in [6, 6.07) is 17.9. The van der Waals surface area contributed by atoms with Crippen LogP contribution in [-0.2, 0) is 4.79 Å². The van der Waals surface area contributed by atoms with Gasteiger partial charge in [-0.25, -0.2) is 4.68 Å². The summed E-state index contributed by atoms with van der Waals surface area (Å²) >= 11 is 7.55. The van der Waals surface area contributed by atoms with Crippen LogP contribution in [0.3, 0.4) is 0 Å². The fourth-order valence-electron chi connectivity index (χ4n) is 3.81. The molecule has 9 heteroatoms. The Morgan fingerprint density at radius 1 is 1.06 bits per heavy atom. The van der Waals surface area contributed by atoms with Gasteiger partial charge in [-0.05, 0) is 60.7 Å². The topological polar surface area (TPSA) is 77.3 Å². The van der Waals surface area contributed by atoms with Gasteiger partial charge in [0.25, 0.3) is 5.91 Å². The van der Waals surface area contributed by atoms with Gasteiger partial charge < -0.3 is 4.74 Å². The van der Waals surface area contributed by atoms with Crippen molar-refractivity contribution in [3.05, 3.63) is 95.4 Å². The average Bonchev–Trinajstić information content (AvgIpc) is 3.48. The van der Waals surface area contributed by atoms with E-state index in [4.69, 9.17) is 16.3 Å². The number of amides is 1. The van der Waals surface area contributed by atoms with E-state index >= 15 is 0 Å². The summed E-state index contributed by atoms with van der Waals surface area (Å²) in [6.45, 7) is 0. The van der Waals surface area contributed by atoms with E-state index in [0.29, 0.717) is 27.8 Å². The van der Waals surface area contributed by atoms with Crippen LogP contribution in [0.2, 0.25) is 5.02 Å². The number of carbonyl (C=O) groups is 2. The number of pyridine rings is 1. The molecule has 34 heavy (non-hydrogen) atoms. The Balaban J connectivity index is 1.62. The lowest BCUT2D eigenvalue weighted by molar-refractivity contribution is -0.115. The Kier molecular flexibility index (Phi) is 6.08. The van der Waals surface area contributed by atoms with E-state index in [-0.39, 0.29) is 17.2 Å². The fourth-order valence-corrected chi connectivity index (χ4v) is 5.11. The highest BCUT2D eigenvalue weighted by atomic mass is 35.5. The molecule has 1 amide bonds. The maximum absolute atomic E-state index is 13.2. The molecule has 4 aromatic rings. The molecule has 5 rings (SSSR count). The van der Waals surface area contributed by atoms with Gasteiger partial charge in [0.05, 0.1) is 18.6 Å². The standard InChI is InChI=1S/C25H19ClN4O3S/c1-33-20-8-2-16(3-9-20)23-21(14-29(28-23)24(32)17-10-12-27-13-11-17)25-30(22(31)15-34-25)19-6-4-18(26)5-7-19/h2-14,25H,15H2,1H3. The lowest BCUT2D eigenvalue weighted by Crippen LogP contribution is -2.27. The van der Waals surface area contributed by atoms with Crippen LogP contribution in [0.15, 0.2) is 79.3 Å². The van der Waals surface area contributed by atoms with Gasteiger partial charge in [0.1, 0.15) is 11.1 Å². The molecule has 2 aromatic heterocycles. The highest BCUT2D eigenvalue weighted by Gasteiger charge is 2.37. The third-order valence-electron chi connectivity index (χ3n) is 5.48. The first-order valence-electron chi connectivity index (χ1n) is 10.4. The maximum atomic E-state index is 13.2. The van der Waals surface area contributed by atoms with Gasteiger partial charge in [0, 0.05) is 46.0 Å². The first-order valence-corrected chi connectivity index (χ1v) is 11.9. The van der Waals surface area contributed by atoms with Crippen LogP contribution in [0.1, 0.15) is 21.3 Å². The van der Waals surface area contributed by atoms with Crippen molar-refractivity contribution in [3.8, 4) is 17.0 Å². The predicted molar refractivity (Wildman–Crippen MR) is 132 cm³/mol. The monoisotopic (exact) mass is 490 g/mol. The molecule has 7 nitrogen and oxygen atoms in total. The lowest BCUT2D eigenvalue weighted by Gasteiger charge is -2.24. The number of methoxy groups -OCH3 is 1. The zero-order valence-corrected chi connectivity index (χ0v) is 19.7. The molecular formula is C25H19ClN4O3S. The summed E-state index contributed by atoms with van der Waals surface area (Å²) in [4.78, 5) is 31.8. The Morgan fingerprint density at radius 3 is 2.44 bits per heavy atom. The molecule has 0 bridgehead atoms. The number of nitrogens with zero attached hydrogens (tertiary/aromatic N) is 4. The van der Waals surface area contributed by atoms with Crippen LogP contribution in [0.5, 0.6) is 5.75 Å². The third-order valence-corrected chi connectivity index (χ3v) is 6.93.